The van der Waals surface area contributed by atoms with Crippen molar-refractivity contribution in [2.45, 2.75) is 38.0 Å². The van der Waals surface area contributed by atoms with Crippen molar-refractivity contribution in [2.24, 2.45) is 5.41 Å². The molecule has 0 amide bonds. The summed E-state index contributed by atoms with van der Waals surface area (Å²) in [5.41, 5.74) is 2.97. The molecule has 0 aliphatic heterocycles. The second-order valence-electron chi connectivity index (χ2n) is 9.10. The molecular weight excluding hydrogens is 410 g/mol. The Kier molecular flexibility index (Phi) is 3.88. The Hall–Kier alpha value is -3.55. The lowest BCUT2D eigenvalue weighted by Gasteiger charge is -2.37. The smallest absolute Gasteiger partial charge is 0.162 e. The molecule has 1 unspecified atom stereocenters. The standard InChI is InChI=1S/C24H20F2N6/c1-23(2)15-6-8-24(23,19-7-9-27-22(30-19)13-11-28-29-12-13)21-14(15)10-18(31-32-21)20-16(25)4-3-5-17(20)26/h3-5,7,9-12,15H,6,8H2,1-2H3,(H,28,29)/t15-,24?/m0/s1. The first-order valence-electron chi connectivity index (χ1n) is 10.6. The third kappa shape index (κ3) is 2.35. The monoisotopic (exact) mass is 430 g/mol. The third-order valence-corrected chi connectivity index (χ3v) is 7.45. The van der Waals surface area contributed by atoms with Crippen molar-refractivity contribution < 1.29 is 8.78 Å². The topological polar surface area (TPSA) is 80.2 Å². The minimum Gasteiger partial charge on any atom is -0.285 e. The van der Waals surface area contributed by atoms with E-state index in [4.69, 9.17) is 4.98 Å². The van der Waals surface area contributed by atoms with Crippen molar-refractivity contribution in [3.8, 4) is 22.6 Å². The lowest BCUT2D eigenvalue weighted by atomic mass is 9.66. The maximum atomic E-state index is 14.4. The minimum atomic E-state index is -0.642. The largest absolute Gasteiger partial charge is 0.285 e. The molecule has 32 heavy (non-hydrogen) atoms. The molecule has 1 N–H and O–H groups in total. The van der Waals surface area contributed by atoms with Gasteiger partial charge in [0.1, 0.15) is 11.6 Å². The molecule has 3 heterocycles. The molecule has 160 valence electrons. The third-order valence-electron chi connectivity index (χ3n) is 7.45. The predicted molar refractivity (Wildman–Crippen MR) is 114 cm³/mol. The normalized spacial score (nSPS) is 22.8. The minimum absolute atomic E-state index is 0.137. The highest BCUT2D eigenvalue weighted by atomic mass is 19.1. The summed E-state index contributed by atoms with van der Waals surface area (Å²) in [5.74, 6) is -0.501. The Balaban J connectivity index is 1.54. The van der Waals surface area contributed by atoms with Crippen LogP contribution < -0.4 is 0 Å². The van der Waals surface area contributed by atoms with E-state index in [-0.39, 0.29) is 22.6 Å². The van der Waals surface area contributed by atoms with Gasteiger partial charge in [0.15, 0.2) is 5.82 Å². The van der Waals surface area contributed by atoms with Gasteiger partial charge in [-0.25, -0.2) is 18.7 Å². The summed E-state index contributed by atoms with van der Waals surface area (Å²) in [6, 6.07) is 7.58. The highest BCUT2D eigenvalue weighted by molar-refractivity contribution is 5.64. The van der Waals surface area contributed by atoms with Crippen LogP contribution in [0.5, 0.6) is 0 Å². The molecule has 8 heteroatoms. The Morgan fingerprint density at radius 3 is 2.66 bits per heavy atom. The van der Waals surface area contributed by atoms with Gasteiger partial charge in [0, 0.05) is 12.4 Å². The van der Waals surface area contributed by atoms with E-state index in [2.05, 4.69) is 39.2 Å². The number of hydrogen-bond donors (Lipinski definition) is 1. The molecule has 2 atom stereocenters. The summed E-state index contributed by atoms with van der Waals surface area (Å²) in [6.45, 7) is 4.44. The molecule has 2 bridgehead atoms. The maximum Gasteiger partial charge on any atom is 0.162 e. The molecule has 1 aromatic carbocycles. The predicted octanol–water partition coefficient (Wildman–Crippen LogP) is 4.81. The molecule has 4 aromatic rings. The van der Waals surface area contributed by atoms with E-state index < -0.39 is 17.0 Å². The van der Waals surface area contributed by atoms with Crippen LogP contribution in [0.15, 0.2) is 48.9 Å². The van der Waals surface area contributed by atoms with Gasteiger partial charge in [-0.2, -0.15) is 10.2 Å². The van der Waals surface area contributed by atoms with Crippen LogP contribution in [0.1, 0.15) is 49.6 Å². The molecule has 0 radical (unpaired) electrons. The number of aromatic nitrogens is 6. The first-order chi connectivity index (χ1) is 15.4. The Labute approximate surface area is 183 Å². The zero-order valence-corrected chi connectivity index (χ0v) is 17.6. The average molecular weight is 430 g/mol. The van der Waals surface area contributed by atoms with Gasteiger partial charge in [-0.1, -0.05) is 19.9 Å². The van der Waals surface area contributed by atoms with Crippen LogP contribution in [-0.2, 0) is 5.41 Å². The molecule has 1 fully saturated rings. The van der Waals surface area contributed by atoms with E-state index in [1.54, 1.807) is 18.6 Å². The Morgan fingerprint density at radius 1 is 1.09 bits per heavy atom. The number of halogens is 2. The van der Waals surface area contributed by atoms with Crippen LogP contribution >= 0.6 is 0 Å². The van der Waals surface area contributed by atoms with E-state index in [1.807, 2.05) is 12.1 Å². The fourth-order valence-corrected chi connectivity index (χ4v) is 5.87. The average Bonchev–Trinajstić information content (AvgIpc) is 3.45. The van der Waals surface area contributed by atoms with E-state index in [9.17, 15) is 8.78 Å². The van der Waals surface area contributed by atoms with Gasteiger partial charge in [0.05, 0.1) is 39.8 Å². The van der Waals surface area contributed by atoms with Crippen LogP contribution in [0.4, 0.5) is 8.78 Å². The second kappa shape index (κ2) is 6.48. The lowest BCUT2D eigenvalue weighted by Crippen LogP contribution is -2.38. The highest BCUT2D eigenvalue weighted by Gasteiger charge is 2.65. The molecule has 2 aliphatic rings. The molecule has 6 rings (SSSR count). The van der Waals surface area contributed by atoms with Crippen molar-refractivity contribution in [1.29, 1.82) is 0 Å². The van der Waals surface area contributed by atoms with Gasteiger partial charge < -0.3 is 0 Å². The van der Waals surface area contributed by atoms with E-state index in [0.29, 0.717) is 5.82 Å². The fraction of sp³-hybridized carbons (Fsp3) is 0.292. The summed E-state index contributed by atoms with van der Waals surface area (Å²) < 4.78 is 28.8. The van der Waals surface area contributed by atoms with Crippen LogP contribution in [-0.4, -0.2) is 30.4 Å². The number of hydrogen-bond acceptors (Lipinski definition) is 5. The van der Waals surface area contributed by atoms with Crippen LogP contribution in [0.3, 0.4) is 0 Å². The SMILES string of the molecule is CC1(C)[C@H]2CCC1(c1ccnc(-c3cn[nH]c3)n1)c1nnc(-c3c(F)cccc3F)cc12. The number of H-pyrrole nitrogens is 1. The molecule has 0 saturated heterocycles. The second-order valence-corrected chi connectivity index (χ2v) is 9.10. The van der Waals surface area contributed by atoms with Crippen molar-refractivity contribution in [2.75, 3.05) is 0 Å². The zero-order valence-electron chi connectivity index (χ0n) is 17.6. The van der Waals surface area contributed by atoms with Gasteiger partial charge in [-0.15, -0.1) is 5.10 Å². The number of aromatic amines is 1. The van der Waals surface area contributed by atoms with Crippen LogP contribution in [0.25, 0.3) is 22.6 Å². The van der Waals surface area contributed by atoms with E-state index in [0.717, 1.165) is 35.4 Å². The van der Waals surface area contributed by atoms with Gasteiger partial charge in [0.25, 0.3) is 0 Å². The first kappa shape index (κ1) is 19.2. The lowest BCUT2D eigenvalue weighted by molar-refractivity contribution is 0.243. The summed E-state index contributed by atoms with van der Waals surface area (Å²) in [7, 11) is 0. The quantitative estimate of drug-likeness (QED) is 0.505. The molecule has 1 saturated carbocycles. The molecule has 3 aromatic heterocycles. The van der Waals surface area contributed by atoms with Gasteiger partial charge in [-0.3, -0.25) is 5.10 Å². The summed E-state index contributed by atoms with van der Waals surface area (Å²) in [6.07, 6.45) is 7.03. The Bertz CT molecular complexity index is 1330. The summed E-state index contributed by atoms with van der Waals surface area (Å²) >= 11 is 0. The molecular formula is C24H20F2N6. The maximum absolute atomic E-state index is 14.4. The number of benzene rings is 1. The van der Waals surface area contributed by atoms with E-state index >= 15 is 0 Å². The van der Waals surface area contributed by atoms with Gasteiger partial charge in [-0.05, 0) is 54.0 Å². The van der Waals surface area contributed by atoms with Crippen molar-refractivity contribution in [3.05, 3.63) is 77.5 Å². The first-order valence-corrected chi connectivity index (χ1v) is 10.6. The van der Waals surface area contributed by atoms with Gasteiger partial charge in [0.2, 0.25) is 0 Å². The van der Waals surface area contributed by atoms with Crippen molar-refractivity contribution in [3.63, 3.8) is 0 Å². The number of nitrogens with zero attached hydrogens (tertiary/aromatic N) is 5. The van der Waals surface area contributed by atoms with Crippen LogP contribution in [0.2, 0.25) is 0 Å². The van der Waals surface area contributed by atoms with Gasteiger partial charge >= 0.3 is 0 Å². The number of nitrogens with one attached hydrogen (secondary N) is 1. The van der Waals surface area contributed by atoms with Crippen molar-refractivity contribution >= 4 is 0 Å². The molecule has 2 aliphatic carbocycles. The number of fused-ring (bicyclic) bond motifs is 5. The highest BCUT2D eigenvalue weighted by Crippen LogP contribution is 2.69. The van der Waals surface area contributed by atoms with E-state index in [1.165, 1.54) is 18.2 Å². The Morgan fingerprint density at radius 2 is 1.91 bits per heavy atom. The summed E-state index contributed by atoms with van der Waals surface area (Å²) in [4.78, 5) is 9.33. The molecule has 6 nitrogen and oxygen atoms in total. The zero-order chi connectivity index (χ0) is 22.1. The molecule has 0 spiro atoms. The fourth-order valence-electron chi connectivity index (χ4n) is 5.87. The van der Waals surface area contributed by atoms with Crippen LogP contribution in [0, 0.1) is 17.0 Å². The van der Waals surface area contributed by atoms with Crippen molar-refractivity contribution in [1.82, 2.24) is 30.4 Å². The number of rotatable bonds is 3. The summed E-state index contributed by atoms with van der Waals surface area (Å²) in [5, 5.41) is 15.7.